The van der Waals surface area contributed by atoms with E-state index < -0.39 is 11.9 Å². The highest BCUT2D eigenvalue weighted by Crippen LogP contribution is 2.29. The van der Waals surface area contributed by atoms with E-state index in [1.807, 2.05) is 47.4 Å². The molecule has 0 atom stereocenters. The molecule has 0 spiro atoms. The summed E-state index contributed by atoms with van der Waals surface area (Å²) in [6, 6.07) is 9.86. The molecule has 3 rings (SSSR count). The molecule has 0 aliphatic carbocycles. The lowest BCUT2D eigenvalue weighted by Crippen LogP contribution is -2.39. The zero-order chi connectivity index (χ0) is 20.7. The number of hydrogen-bond donors (Lipinski definition) is 2. The van der Waals surface area contributed by atoms with Crippen molar-refractivity contribution < 1.29 is 13.2 Å². The van der Waals surface area contributed by atoms with Crippen molar-refractivity contribution >= 4 is 41.3 Å². The third-order valence-corrected chi connectivity index (χ3v) is 4.97. The summed E-state index contributed by atoms with van der Waals surface area (Å²) in [6.07, 6.45) is 0.563. The average Bonchev–Trinajstić information content (AvgIpc) is 3.37. The first-order chi connectivity index (χ1) is 14.0. The third-order valence-electron chi connectivity index (χ3n) is 4.06. The number of aromatic nitrogens is 3. The van der Waals surface area contributed by atoms with Crippen molar-refractivity contribution in [3.05, 3.63) is 64.4 Å². The van der Waals surface area contributed by atoms with Gasteiger partial charge in [-0.1, -0.05) is 18.2 Å². The molecule has 0 aliphatic rings. The number of alkyl halides is 3. The molecule has 3 aromatic rings. The molecular weight excluding hydrogens is 528 g/mol. The van der Waals surface area contributed by atoms with Gasteiger partial charge in [0.05, 0.1) is 16.9 Å². The van der Waals surface area contributed by atoms with E-state index in [1.165, 1.54) is 0 Å². The van der Waals surface area contributed by atoms with E-state index in [0.29, 0.717) is 30.5 Å². The molecule has 0 amide bonds. The van der Waals surface area contributed by atoms with Gasteiger partial charge in [-0.05, 0) is 24.1 Å². The van der Waals surface area contributed by atoms with Gasteiger partial charge >= 0.3 is 6.18 Å². The molecule has 0 saturated carbocycles. The number of para-hydroxylation sites is 1. The number of halogens is 4. The lowest BCUT2D eigenvalue weighted by atomic mass is 10.2. The molecule has 2 aromatic heterocycles. The Balaban J connectivity index is 0.00000320. The van der Waals surface area contributed by atoms with Crippen molar-refractivity contribution in [2.24, 2.45) is 4.99 Å². The van der Waals surface area contributed by atoms with Crippen LogP contribution in [0.25, 0.3) is 5.69 Å². The Bertz CT molecular complexity index is 939. The van der Waals surface area contributed by atoms with E-state index in [9.17, 15) is 13.2 Å². The average molecular weight is 550 g/mol. The second kappa shape index (κ2) is 11.3. The Labute approximate surface area is 193 Å². The Hall–Kier alpha value is -2.15. The molecule has 0 radical (unpaired) electrons. The van der Waals surface area contributed by atoms with Gasteiger partial charge in [-0.2, -0.15) is 18.3 Å². The maximum Gasteiger partial charge on any atom is 0.434 e. The molecule has 0 aliphatic heterocycles. The highest BCUT2D eigenvalue weighted by atomic mass is 127. The molecule has 2 N–H and O–H groups in total. The Kier molecular flexibility index (Phi) is 9.08. The minimum Gasteiger partial charge on any atom is -0.356 e. The van der Waals surface area contributed by atoms with E-state index in [4.69, 9.17) is 0 Å². The number of nitrogens with one attached hydrogen (secondary N) is 2. The van der Waals surface area contributed by atoms with Crippen LogP contribution in [0.5, 0.6) is 0 Å². The Morgan fingerprint density at radius 3 is 2.47 bits per heavy atom. The normalized spacial score (nSPS) is 11.8. The van der Waals surface area contributed by atoms with Gasteiger partial charge in [0.15, 0.2) is 11.7 Å². The second-order valence-corrected chi connectivity index (χ2v) is 7.12. The number of thiazole rings is 1. The fourth-order valence-corrected chi connectivity index (χ4v) is 3.41. The zero-order valence-electron chi connectivity index (χ0n) is 16.2. The lowest BCUT2D eigenvalue weighted by Gasteiger charge is -2.10. The first kappa shape index (κ1) is 24.1. The second-order valence-electron chi connectivity index (χ2n) is 6.18. The first-order valence-corrected chi connectivity index (χ1v) is 9.89. The number of nitrogens with zero attached hydrogens (tertiary/aromatic N) is 4. The van der Waals surface area contributed by atoms with Crippen molar-refractivity contribution in [2.75, 3.05) is 20.1 Å². The van der Waals surface area contributed by atoms with Crippen molar-refractivity contribution in [1.29, 1.82) is 0 Å². The number of rotatable bonds is 7. The predicted octanol–water partition coefficient (Wildman–Crippen LogP) is 3.92. The summed E-state index contributed by atoms with van der Waals surface area (Å²) in [7, 11) is 1.65. The highest BCUT2D eigenvalue weighted by molar-refractivity contribution is 14.0. The van der Waals surface area contributed by atoms with Gasteiger partial charge in [-0.15, -0.1) is 35.3 Å². The van der Waals surface area contributed by atoms with Crippen LogP contribution in [-0.4, -0.2) is 40.9 Å². The quantitative estimate of drug-likeness (QED) is 0.266. The van der Waals surface area contributed by atoms with Crippen molar-refractivity contribution in [2.45, 2.75) is 19.0 Å². The number of aliphatic imine (C=N–C) groups is 1. The van der Waals surface area contributed by atoms with Crippen molar-refractivity contribution in [1.82, 2.24) is 25.4 Å². The maximum absolute atomic E-state index is 12.6. The van der Waals surface area contributed by atoms with Crippen LogP contribution in [0.2, 0.25) is 0 Å². The zero-order valence-corrected chi connectivity index (χ0v) is 19.3. The molecule has 1 aromatic carbocycles. The van der Waals surface area contributed by atoms with Crippen LogP contribution >= 0.6 is 35.3 Å². The standard InChI is InChI=1S/C19H21F3N6S.HI/c1-23-18(25-10-8-17-27-16(13-29-17)19(20,21)22)24-9-7-14-11-26-28(12-14)15-5-3-2-4-6-15;/h2-6,11-13H,7-10H2,1H3,(H2,23,24,25);1H. The largest absolute Gasteiger partial charge is 0.434 e. The van der Waals surface area contributed by atoms with Crippen LogP contribution in [-0.2, 0) is 19.0 Å². The molecule has 0 saturated heterocycles. The van der Waals surface area contributed by atoms with Crippen LogP contribution < -0.4 is 10.6 Å². The van der Waals surface area contributed by atoms with Gasteiger partial charge in [-0.3, -0.25) is 4.99 Å². The third kappa shape index (κ3) is 6.97. The Morgan fingerprint density at radius 2 is 1.83 bits per heavy atom. The number of benzene rings is 1. The van der Waals surface area contributed by atoms with Gasteiger partial charge in [0.1, 0.15) is 0 Å². The minimum absolute atomic E-state index is 0. The summed E-state index contributed by atoms with van der Waals surface area (Å²) in [5.74, 6) is 0.591. The Morgan fingerprint density at radius 1 is 1.13 bits per heavy atom. The fourth-order valence-electron chi connectivity index (χ4n) is 2.60. The predicted molar refractivity (Wildman–Crippen MR) is 123 cm³/mol. The van der Waals surface area contributed by atoms with E-state index in [2.05, 4.69) is 25.7 Å². The van der Waals surface area contributed by atoms with Crippen LogP contribution in [0.15, 0.2) is 53.1 Å². The number of guanidine groups is 1. The summed E-state index contributed by atoms with van der Waals surface area (Å²) in [4.78, 5) is 7.74. The lowest BCUT2D eigenvalue weighted by molar-refractivity contribution is -0.140. The van der Waals surface area contributed by atoms with Gasteiger partial charge in [-0.25, -0.2) is 9.67 Å². The van der Waals surface area contributed by atoms with E-state index in [1.54, 1.807) is 7.05 Å². The van der Waals surface area contributed by atoms with Gasteiger partial charge < -0.3 is 10.6 Å². The maximum atomic E-state index is 12.6. The van der Waals surface area contributed by atoms with Gasteiger partial charge in [0.25, 0.3) is 0 Å². The van der Waals surface area contributed by atoms with Crippen molar-refractivity contribution in [3.8, 4) is 5.69 Å². The van der Waals surface area contributed by atoms with Gasteiger partial charge in [0, 0.05) is 38.1 Å². The molecule has 0 bridgehead atoms. The molecule has 30 heavy (non-hydrogen) atoms. The summed E-state index contributed by atoms with van der Waals surface area (Å²) in [6.45, 7) is 1.09. The minimum atomic E-state index is -4.39. The summed E-state index contributed by atoms with van der Waals surface area (Å²) in [5, 5.41) is 12.1. The fraction of sp³-hybridized carbons (Fsp3) is 0.316. The van der Waals surface area contributed by atoms with Crippen LogP contribution in [0.4, 0.5) is 13.2 Å². The van der Waals surface area contributed by atoms with E-state index in [0.717, 1.165) is 34.4 Å². The molecule has 162 valence electrons. The topological polar surface area (TPSA) is 67.1 Å². The van der Waals surface area contributed by atoms with Crippen molar-refractivity contribution in [3.63, 3.8) is 0 Å². The molecular formula is C19H22F3IN6S. The summed E-state index contributed by atoms with van der Waals surface area (Å²) < 4.78 is 39.6. The van der Waals surface area contributed by atoms with Crippen LogP contribution in [0, 0.1) is 0 Å². The van der Waals surface area contributed by atoms with E-state index >= 15 is 0 Å². The highest BCUT2D eigenvalue weighted by Gasteiger charge is 2.33. The summed E-state index contributed by atoms with van der Waals surface area (Å²) >= 11 is 1.01. The molecule has 0 fully saturated rings. The molecule has 6 nitrogen and oxygen atoms in total. The summed E-state index contributed by atoms with van der Waals surface area (Å²) in [5.41, 5.74) is 1.25. The smallest absolute Gasteiger partial charge is 0.356 e. The van der Waals surface area contributed by atoms with Gasteiger partial charge in [0.2, 0.25) is 0 Å². The van der Waals surface area contributed by atoms with E-state index in [-0.39, 0.29) is 24.0 Å². The number of hydrogen-bond acceptors (Lipinski definition) is 4. The van der Waals surface area contributed by atoms with Crippen LogP contribution in [0.1, 0.15) is 16.3 Å². The molecule has 0 unspecified atom stereocenters. The monoisotopic (exact) mass is 550 g/mol. The first-order valence-electron chi connectivity index (χ1n) is 9.01. The van der Waals surface area contributed by atoms with Crippen LogP contribution in [0.3, 0.4) is 0 Å². The molecule has 11 heteroatoms. The molecule has 2 heterocycles. The SMILES string of the molecule is CN=C(NCCc1cnn(-c2ccccc2)c1)NCCc1nc(C(F)(F)F)cs1.I.